The minimum absolute atomic E-state index is 0.0791. The summed E-state index contributed by atoms with van der Waals surface area (Å²) in [6.45, 7) is 3.93. The third-order valence-corrected chi connectivity index (χ3v) is 2.24. The highest BCUT2D eigenvalue weighted by Crippen LogP contribution is 2.12. The van der Waals surface area contributed by atoms with Crippen LogP contribution in [0.4, 0.5) is 5.82 Å². The maximum absolute atomic E-state index is 11.4. The molecule has 0 fully saturated rings. The van der Waals surface area contributed by atoms with E-state index in [1.165, 1.54) is 6.20 Å². The fourth-order valence-corrected chi connectivity index (χ4v) is 1.34. The summed E-state index contributed by atoms with van der Waals surface area (Å²) in [4.78, 5) is 15.5. The van der Waals surface area contributed by atoms with E-state index in [1.54, 1.807) is 19.2 Å². The van der Waals surface area contributed by atoms with Crippen molar-refractivity contribution in [3.63, 3.8) is 0 Å². The maximum atomic E-state index is 11.4. The van der Waals surface area contributed by atoms with Crippen LogP contribution in [0.1, 0.15) is 19.4 Å². The molecule has 1 rings (SSSR count). The second kappa shape index (κ2) is 7.07. The van der Waals surface area contributed by atoms with E-state index < -0.39 is 5.97 Å². The second-order valence-electron chi connectivity index (χ2n) is 3.40. The zero-order chi connectivity index (χ0) is 13.4. The number of nitrogens with zero attached hydrogens (tertiary/aromatic N) is 2. The first kappa shape index (κ1) is 13.7. The SMILES string of the molecule is CCOC(=O)/C(C#N)=C\Nc1ncccc1CC. The van der Waals surface area contributed by atoms with Crippen LogP contribution in [-0.2, 0) is 16.0 Å². The number of ether oxygens (including phenoxy) is 1. The fourth-order valence-electron chi connectivity index (χ4n) is 1.34. The fraction of sp³-hybridized carbons (Fsp3) is 0.308. The van der Waals surface area contributed by atoms with Crippen molar-refractivity contribution in [2.75, 3.05) is 11.9 Å². The summed E-state index contributed by atoms with van der Waals surface area (Å²) in [7, 11) is 0. The Morgan fingerprint density at radius 3 is 3.00 bits per heavy atom. The van der Waals surface area contributed by atoms with Gasteiger partial charge in [0.05, 0.1) is 6.61 Å². The van der Waals surface area contributed by atoms with Crippen molar-refractivity contribution >= 4 is 11.8 Å². The summed E-state index contributed by atoms with van der Waals surface area (Å²) >= 11 is 0. The number of aryl methyl sites for hydroxylation is 1. The van der Waals surface area contributed by atoms with Crippen molar-refractivity contribution in [2.45, 2.75) is 20.3 Å². The van der Waals surface area contributed by atoms with Gasteiger partial charge in [0.15, 0.2) is 5.57 Å². The Morgan fingerprint density at radius 2 is 2.39 bits per heavy atom. The molecule has 0 radical (unpaired) electrons. The zero-order valence-corrected chi connectivity index (χ0v) is 10.4. The van der Waals surface area contributed by atoms with Gasteiger partial charge in [0.1, 0.15) is 11.9 Å². The van der Waals surface area contributed by atoms with Crippen molar-refractivity contribution in [1.29, 1.82) is 5.26 Å². The molecule has 0 saturated heterocycles. The maximum Gasteiger partial charge on any atom is 0.350 e. The molecule has 0 amide bonds. The van der Waals surface area contributed by atoms with Crippen LogP contribution in [0.3, 0.4) is 0 Å². The number of carbonyl (C=O) groups is 1. The Labute approximate surface area is 106 Å². The van der Waals surface area contributed by atoms with Crippen molar-refractivity contribution in [3.8, 4) is 6.07 Å². The minimum atomic E-state index is -0.638. The van der Waals surface area contributed by atoms with E-state index in [0.29, 0.717) is 5.82 Å². The molecular weight excluding hydrogens is 230 g/mol. The Morgan fingerprint density at radius 1 is 1.61 bits per heavy atom. The largest absolute Gasteiger partial charge is 0.462 e. The molecule has 18 heavy (non-hydrogen) atoms. The Kier molecular flexibility index (Phi) is 5.39. The van der Waals surface area contributed by atoms with E-state index in [9.17, 15) is 4.79 Å². The van der Waals surface area contributed by atoms with Crippen molar-refractivity contribution in [1.82, 2.24) is 4.98 Å². The number of rotatable bonds is 5. The van der Waals surface area contributed by atoms with Gasteiger partial charge in [0.25, 0.3) is 0 Å². The van der Waals surface area contributed by atoms with Crippen LogP contribution in [-0.4, -0.2) is 17.6 Å². The monoisotopic (exact) mass is 245 g/mol. The lowest BCUT2D eigenvalue weighted by atomic mass is 10.2. The highest BCUT2D eigenvalue weighted by molar-refractivity contribution is 5.93. The molecule has 0 saturated carbocycles. The number of esters is 1. The quantitative estimate of drug-likeness (QED) is 0.488. The van der Waals surface area contributed by atoms with E-state index in [4.69, 9.17) is 10.00 Å². The van der Waals surface area contributed by atoms with E-state index in [2.05, 4.69) is 10.3 Å². The Hall–Kier alpha value is -2.35. The number of pyridine rings is 1. The average molecular weight is 245 g/mol. The molecule has 0 atom stereocenters. The molecule has 1 heterocycles. The smallest absolute Gasteiger partial charge is 0.350 e. The highest BCUT2D eigenvalue weighted by Gasteiger charge is 2.09. The van der Waals surface area contributed by atoms with Gasteiger partial charge in [-0.2, -0.15) is 5.26 Å². The number of hydrogen-bond donors (Lipinski definition) is 1. The predicted molar refractivity (Wildman–Crippen MR) is 67.6 cm³/mol. The molecule has 0 aliphatic carbocycles. The summed E-state index contributed by atoms with van der Waals surface area (Å²) in [5, 5.41) is 11.7. The molecule has 0 bridgehead atoms. The van der Waals surface area contributed by atoms with E-state index in [1.807, 2.05) is 19.1 Å². The van der Waals surface area contributed by atoms with Crippen LogP contribution >= 0.6 is 0 Å². The van der Waals surface area contributed by atoms with Crippen LogP contribution in [0.5, 0.6) is 0 Å². The van der Waals surface area contributed by atoms with Gasteiger partial charge >= 0.3 is 5.97 Å². The number of aromatic nitrogens is 1. The Bertz CT molecular complexity index is 489. The predicted octanol–water partition coefficient (Wildman–Crippen LogP) is 2.03. The van der Waals surface area contributed by atoms with Crippen LogP contribution in [0.2, 0.25) is 0 Å². The number of carbonyl (C=O) groups excluding carboxylic acids is 1. The van der Waals surface area contributed by atoms with Crippen molar-refractivity contribution < 1.29 is 9.53 Å². The van der Waals surface area contributed by atoms with Gasteiger partial charge in [0.2, 0.25) is 0 Å². The molecule has 0 aliphatic heterocycles. The van der Waals surface area contributed by atoms with E-state index in [0.717, 1.165) is 12.0 Å². The summed E-state index contributed by atoms with van der Waals surface area (Å²) in [5.74, 6) is -0.00136. The molecule has 0 aliphatic rings. The number of nitrogens with one attached hydrogen (secondary N) is 1. The van der Waals surface area contributed by atoms with E-state index in [-0.39, 0.29) is 12.2 Å². The lowest BCUT2D eigenvalue weighted by Gasteiger charge is -2.06. The van der Waals surface area contributed by atoms with Gasteiger partial charge in [-0.3, -0.25) is 0 Å². The number of hydrogen-bond acceptors (Lipinski definition) is 5. The van der Waals surface area contributed by atoms with Gasteiger partial charge in [-0.15, -0.1) is 0 Å². The van der Waals surface area contributed by atoms with Gasteiger partial charge < -0.3 is 10.1 Å². The van der Waals surface area contributed by atoms with Crippen LogP contribution < -0.4 is 5.32 Å². The molecule has 0 aromatic carbocycles. The first-order valence-electron chi connectivity index (χ1n) is 5.70. The number of nitriles is 1. The first-order valence-corrected chi connectivity index (χ1v) is 5.70. The minimum Gasteiger partial charge on any atom is -0.462 e. The normalized spacial score (nSPS) is 10.6. The number of anilines is 1. The highest BCUT2D eigenvalue weighted by atomic mass is 16.5. The molecule has 94 valence electrons. The third kappa shape index (κ3) is 3.59. The van der Waals surface area contributed by atoms with E-state index >= 15 is 0 Å². The lowest BCUT2D eigenvalue weighted by Crippen LogP contribution is -2.08. The van der Waals surface area contributed by atoms with Gasteiger partial charge in [-0.1, -0.05) is 13.0 Å². The average Bonchev–Trinajstić information content (AvgIpc) is 2.40. The zero-order valence-electron chi connectivity index (χ0n) is 10.4. The molecule has 5 nitrogen and oxygen atoms in total. The van der Waals surface area contributed by atoms with Gasteiger partial charge in [0, 0.05) is 12.4 Å². The molecule has 1 N–H and O–H groups in total. The summed E-state index contributed by atoms with van der Waals surface area (Å²) in [6.07, 6.45) is 3.77. The molecule has 1 aromatic rings. The molecule has 1 aromatic heterocycles. The van der Waals surface area contributed by atoms with Crippen LogP contribution in [0, 0.1) is 11.3 Å². The second-order valence-corrected chi connectivity index (χ2v) is 3.40. The van der Waals surface area contributed by atoms with Crippen molar-refractivity contribution in [2.24, 2.45) is 0 Å². The molecule has 0 spiro atoms. The standard InChI is InChI=1S/C13H15N3O2/c1-3-10-6-5-7-15-12(10)16-9-11(8-14)13(17)18-4-2/h5-7,9H,3-4H2,1-2H3,(H,15,16)/b11-9-. The topological polar surface area (TPSA) is 75.0 Å². The summed E-state index contributed by atoms with van der Waals surface area (Å²) in [5.41, 5.74) is 0.930. The molecular formula is C13H15N3O2. The molecule has 5 heteroatoms. The van der Waals surface area contributed by atoms with Crippen LogP contribution in [0.15, 0.2) is 30.1 Å². The summed E-state index contributed by atoms with van der Waals surface area (Å²) < 4.78 is 4.75. The third-order valence-electron chi connectivity index (χ3n) is 2.24. The summed E-state index contributed by atoms with van der Waals surface area (Å²) in [6, 6.07) is 5.56. The van der Waals surface area contributed by atoms with Gasteiger partial charge in [-0.05, 0) is 25.0 Å². The van der Waals surface area contributed by atoms with Crippen LogP contribution in [0.25, 0.3) is 0 Å². The molecule has 0 unspecified atom stereocenters. The lowest BCUT2D eigenvalue weighted by molar-refractivity contribution is -0.138. The Balaban J connectivity index is 2.84. The first-order chi connectivity index (χ1) is 8.72. The van der Waals surface area contributed by atoms with Crippen molar-refractivity contribution in [3.05, 3.63) is 35.7 Å². The van der Waals surface area contributed by atoms with Gasteiger partial charge in [-0.25, -0.2) is 9.78 Å².